The molecule has 0 amide bonds. The molecule has 0 aliphatic heterocycles. The van der Waals surface area contributed by atoms with Crippen molar-refractivity contribution >= 4 is 16.7 Å². The molecule has 2 aromatic carbocycles. The number of carbonyl (C=O) groups is 1. The smallest absolute Gasteiger partial charge is 0.212 e. The van der Waals surface area contributed by atoms with E-state index in [4.69, 9.17) is 9.47 Å². The zero-order valence-corrected chi connectivity index (χ0v) is 11.8. The molecule has 0 fully saturated rings. The van der Waals surface area contributed by atoms with Gasteiger partial charge in [-0.05, 0) is 24.3 Å². The van der Waals surface area contributed by atoms with Gasteiger partial charge in [-0.2, -0.15) is 0 Å². The van der Waals surface area contributed by atoms with E-state index in [9.17, 15) is 4.79 Å². The summed E-state index contributed by atoms with van der Waals surface area (Å²) in [6, 6.07) is 14.8. The predicted molar refractivity (Wildman–Crippen MR) is 81.3 cm³/mol. The van der Waals surface area contributed by atoms with Gasteiger partial charge in [-0.1, -0.05) is 18.2 Å². The molecular formula is C17H15NO3. The number of carbonyl (C=O) groups excluding carboxylic acids is 1. The Kier molecular flexibility index (Phi) is 3.36. The monoisotopic (exact) mass is 281 g/mol. The van der Waals surface area contributed by atoms with Crippen molar-refractivity contribution < 1.29 is 14.3 Å². The Morgan fingerprint density at radius 2 is 1.81 bits per heavy atom. The zero-order chi connectivity index (χ0) is 14.8. The van der Waals surface area contributed by atoms with Gasteiger partial charge in [-0.25, -0.2) is 0 Å². The van der Waals surface area contributed by atoms with Crippen LogP contribution in [0, 0.1) is 0 Å². The molecule has 4 nitrogen and oxygen atoms in total. The van der Waals surface area contributed by atoms with Crippen LogP contribution in [0.2, 0.25) is 0 Å². The van der Waals surface area contributed by atoms with Crippen LogP contribution in [0.5, 0.6) is 11.5 Å². The SMILES string of the molecule is COc1ccc(C(=O)c2cc3ccccc3[nH]2)c(OC)c1. The first-order valence-corrected chi connectivity index (χ1v) is 6.57. The van der Waals surface area contributed by atoms with E-state index in [1.165, 1.54) is 7.11 Å². The Bertz CT molecular complexity index is 772. The Balaban J connectivity index is 2.05. The summed E-state index contributed by atoms with van der Waals surface area (Å²) in [4.78, 5) is 15.8. The van der Waals surface area contributed by atoms with E-state index >= 15 is 0 Å². The van der Waals surface area contributed by atoms with Crippen molar-refractivity contribution in [3.8, 4) is 11.5 Å². The van der Waals surface area contributed by atoms with Gasteiger partial charge in [0, 0.05) is 17.0 Å². The van der Waals surface area contributed by atoms with Crippen LogP contribution in [0.25, 0.3) is 10.9 Å². The molecule has 1 heterocycles. The Labute approximate surface area is 122 Å². The number of hydrogen-bond donors (Lipinski definition) is 1. The summed E-state index contributed by atoms with van der Waals surface area (Å²) in [5, 5.41) is 1.01. The first-order chi connectivity index (χ1) is 10.2. The fraction of sp³-hybridized carbons (Fsp3) is 0.118. The fourth-order valence-corrected chi connectivity index (χ4v) is 2.33. The lowest BCUT2D eigenvalue weighted by atomic mass is 10.1. The second-order valence-corrected chi connectivity index (χ2v) is 4.67. The minimum absolute atomic E-state index is 0.106. The van der Waals surface area contributed by atoms with Crippen LogP contribution in [-0.2, 0) is 0 Å². The third kappa shape index (κ3) is 2.36. The molecule has 3 aromatic rings. The van der Waals surface area contributed by atoms with Crippen LogP contribution < -0.4 is 9.47 Å². The minimum atomic E-state index is -0.106. The van der Waals surface area contributed by atoms with E-state index in [0.29, 0.717) is 22.8 Å². The Hall–Kier alpha value is -2.75. The highest BCUT2D eigenvalue weighted by atomic mass is 16.5. The predicted octanol–water partition coefficient (Wildman–Crippen LogP) is 3.42. The molecule has 0 atom stereocenters. The maximum Gasteiger partial charge on any atom is 0.212 e. The fourth-order valence-electron chi connectivity index (χ4n) is 2.33. The summed E-state index contributed by atoms with van der Waals surface area (Å²) in [6.45, 7) is 0. The second kappa shape index (κ2) is 5.32. The van der Waals surface area contributed by atoms with Gasteiger partial charge in [0.25, 0.3) is 0 Å². The Morgan fingerprint density at radius 3 is 2.52 bits per heavy atom. The summed E-state index contributed by atoms with van der Waals surface area (Å²) in [6.07, 6.45) is 0. The van der Waals surface area contributed by atoms with Gasteiger partial charge in [-0.3, -0.25) is 4.79 Å². The number of methoxy groups -OCH3 is 2. The number of nitrogens with one attached hydrogen (secondary N) is 1. The van der Waals surface area contributed by atoms with Crippen LogP contribution in [0.15, 0.2) is 48.5 Å². The van der Waals surface area contributed by atoms with Gasteiger partial charge in [0.2, 0.25) is 5.78 Å². The molecule has 0 spiro atoms. The van der Waals surface area contributed by atoms with Gasteiger partial charge in [-0.15, -0.1) is 0 Å². The zero-order valence-electron chi connectivity index (χ0n) is 11.8. The highest BCUT2D eigenvalue weighted by Gasteiger charge is 2.17. The molecule has 0 saturated carbocycles. The summed E-state index contributed by atoms with van der Waals surface area (Å²) in [5.74, 6) is 1.05. The highest BCUT2D eigenvalue weighted by Crippen LogP contribution is 2.27. The first-order valence-electron chi connectivity index (χ1n) is 6.57. The van der Waals surface area contributed by atoms with Crippen LogP contribution in [0.4, 0.5) is 0 Å². The molecule has 0 saturated heterocycles. The maximum absolute atomic E-state index is 12.6. The number of benzene rings is 2. The summed E-state index contributed by atoms with van der Waals surface area (Å²) in [7, 11) is 3.12. The number of aromatic amines is 1. The van der Waals surface area contributed by atoms with E-state index in [1.54, 1.807) is 25.3 Å². The number of fused-ring (bicyclic) bond motifs is 1. The number of H-pyrrole nitrogens is 1. The van der Waals surface area contributed by atoms with Crippen LogP contribution in [0.1, 0.15) is 16.1 Å². The molecular weight excluding hydrogens is 266 g/mol. The number of ketones is 1. The van der Waals surface area contributed by atoms with Crippen molar-refractivity contribution in [3.05, 3.63) is 59.8 Å². The van der Waals surface area contributed by atoms with Crippen molar-refractivity contribution in [1.29, 1.82) is 0 Å². The van der Waals surface area contributed by atoms with Gasteiger partial charge < -0.3 is 14.5 Å². The normalized spacial score (nSPS) is 10.6. The van der Waals surface area contributed by atoms with E-state index < -0.39 is 0 Å². The van der Waals surface area contributed by atoms with Gasteiger partial charge in [0.15, 0.2) is 0 Å². The average Bonchev–Trinajstić information content (AvgIpc) is 2.97. The maximum atomic E-state index is 12.6. The number of para-hydroxylation sites is 1. The van der Waals surface area contributed by atoms with Crippen LogP contribution >= 0.6 is 0 Å². The van der Waals surface area contributed by atoms with E-state index in [0.717, 1.165) is 10.9 Å². The van der Waals surface area contributed by atoms with E-state index in [-0.39, 0.29) is 5.78 Å². The first kappa shape index (κ1) is 13.2. The molecule has 0 unspecified atom stereocenters. The number of rotatable bonds is 4. The molecule has 1 aromatic heterocycles. The number of ether oxygens (including phenoxy) is 2. The quantitative estimate of drug-likeness (QED) is 0.745. The molecule has 0 aliphatic rings. The van der Waals surface area contributed by atoms with Gasteiger partial charge >= 0.3 is 0 Å². The summed E-state index contributed by atoms with van der Waals surface area (Å²) < 4.78 is 10.4. The van der Waals surface area contributed by atoms with Gasteiger partial charge in [0.1, 0.15) is 11.5 Å². The van der Waals surface area contributed by atoms with E-state index in [1.807, 2.05) is 30.3 Å². The topological polar surface area (TPSA) is 51.3 Å². The van der Waals surface area contributed by atoms with E-state index in [2.05, 4.69) is 4.98 Å². The summed E-state index contributed by atoms with van der Waals surface area (Å²) in [5.41, 5.74) is 1.98. The third-order valence-electron chi connectivity index (χ3n) is 3.43. The standard InChI is InChI=1S/C17H15NO3/c1-20-12-7-8-13(16(10-12)21-2)17(19)15-9-11-5-3-4-6-14(11)18-15/h3-10,18H,1-2H3. The van der Waals surface area contributed by atoms with Crippen LogP contribution in [0.3, 0.4) is 0 Å². The molecule has 0 bridgehead atoms. The van der Waals surface area contributed by atoms with Crippen molar-refractivity contribution in [2.24, 2.45) is 0 Å². The van der Waals surface area contributed by atoms with Crippen molar-refractivity contribution in [3.63, 3.8) is 0 Å². The number of hydrogen-bond acceptors (Lipinski definition) is 3. The lowest BCUT2D eigenvalue weighted by Gasteiger charge is -2.08. The number of aromatic nitrogens is 1. The molecule has 3 rings (SSSR count). The molecule has 21 heavy (non-hydrogen) atoms. The second-order valence-electron chi connectivity index (χ2n) is 4.67. The minimum Gasteiger partial charge on any atom is -0.497 e. The molecule has 0 aliphatic carbocycles. The van der Waals surface area contributed by atoms with Crippen molar-refractivity contribution in [1.82, 2.24) is 4.98 Å². The lowest BCUT2D eigenvalue weighted by molar-refractivity contribution is 0.103. The van der Waals surface area contributed by atoms with Crippen molar-refractivity contribution in [2.75, 3.05) is 14.2 Å². The molecule has 0 radical (unpaired) electrons. The summed E-state index contributed by atoms with van der Waals surface area (Å²) >= 11 is 0. The van der Waals surface area contributed by atoms with Crippen LogP contribution in [-0.4, -0.2) is 25.0 Å². The molecule has 106 valence electrons. The molecule has 1 N–H and O–H groups in total. The third-order valence-corrected chi connectivity index (χ3v) is 3.43. The Morgan fingerprint density at radius 1 is 1.00 bits per heavy atom. The highest BCUT2D eigenvalue weighted by molar-refractivity contribution is 6.11. The average molecular weight is 281 g/mol. The van der Waals surface area contributed by atoms with Gasteiger partial charge in [0.05, 0.1) is 25.5 Å². The largest absolute Gasteiger partial charge is 0.497 e. The van der Waals surface area contributed by atoms with Crippen molar-refractivity contribution in [2.45, 2.75) is 0 Å². The molecule has 4 heteroatoms. The lowest BCUT2D eigenvalue weighted by Crippen LogP contribution is -2.04.